The van der Waals surface area contributed by atoms with E-state index >= 15 is 0 Å². The fourth-order valence-electron chi connectivity index (χ4n) is 2.86. The quantitative estimate of drug-likeness (QED) is 0.827. The molecule has 0 amide bonds. The average Bonchev–Trinajstić information content (AvgIpc) is 2.95. The van der Waals surface area contributed by atoms with Gasteiger partial charge in [-0.15, -0.1) is 0 Å². The van der Waals surface area contributed by atoms with Crippen LogP contribution in [0.1, 0.15) is 24.6 Å². The van der Waals surface area contributed by atoms with Gasteiger partial charge >= 0.3 is 0 Å². The maximum atomic E-state index is 12.1. The van der Waals surface area contributed by atoms with Crippen LogP contribution >= 0.6 is 0 Å². The highest BCUT2D eigenvalue weighted by molar-refractivity contribution is 7.89. The molecule has 0 aromatic carbocycles. The second-order valence-electron chi connectivity index (χ2n) is 5.37. The number of allylic oxidation sites excluding steroid dienone is 1. The molecule has 21 heavy (non-hydrogen) atoms. The standard InChI is InChI=1S/C14H20N4O2S/c1-2-10-21(19,20)18-8-6-17(7-9-18)14-12-4-3-5-13(12)15-11-16-14/h3-4,11H,2,5-10H2,1H3. The largest absolute Gasteiger partial charge is 0.353 e. The molecule has 1 aromatic rings. The van der Waals surface area contributed by atoms with Crippen LogP contribution in [0.15, 0.2) is 12.4 Å². The molecule has 0 unspecified atom stereocenters. The Labute approximate surface area is 125 Å². The van der Waals surface area contributed by atoms with Crippen molar-refractivity contribution in [3.05, 3.63) is 23.7 Å². The number of aromatic nitrogens is 2. The number of sulfonamides is 1. The number of hydrogen-bond acceptors (Lipinski definition) is 5. The van der Waals surface area contributed by atoms with Gasteiger partial charge in [0.05, 0.1) is 11.4 Å². The molecular formula is C14H20N4O2S. The highest BCUT2D eigenvalue weighted by Crippen LogP contribution is 2.27. The van der Waals surface area contributed by atoms with Gasteiger partial charge in [0.15, 0.2) is 0 Å². The Morgan fingerprint density at radius 1 is 1.19 bits per heavy atom. The molecule has 6 nitrogen and oxygen atoms in total. The summed E-state index contributed by atoms with van der Waals surface area (Å²) in [4.78, 5) is 10.8. The number of fused-ring (bicyclic) bond motifs is 1. The van der Waals surface area contributed by atoms with E-state index in [1.807, 2.05) is 6.92 Å². The second kappa shape index (κ2) is 5.73. The van der Waals surface area contributed by atoms with E-state index in [-0.39, 0.29) is 5.75 Å². The minimum atomic E-state index is -3.09. The maximum Gasteiger partial charge on any atom is 0.214 e. The van der Waals surface area contributed by atoms with E-state index in [0.29, 0.717) is 32.6 Å². The van der Waals surface area contributed by atoms with Crippen LogP contribution < -0.4 is 4.90 Å². The van der Waals surface area contributed by atoms with Crippen LogP contribution in [-0.4, -0.2) is 54.6 Å². The summed E-state index contributed by atoms with van der Waals surface area (Å²) in [6.07, 6.45) is 7.26. The van der Waals surface area contributed by atoms with Crippen LogP contribution in [0.3, 0.4) is 0 Å². The van der Waals surface area contributed by atoms with E-state index in [2.05, 4.69) is 27.0 Å². The molecule has 1 saturated heterocycles. The molecule has 2 aliphatic rings. The predicted octanol–water partition coefficient (Wildman–Crippen LogP) is 0.908. The van der Waals surface area contributed by atoms with Gasteiger partial charge in [0.25, 0.3) is 0 Å². The monoisotopic (exact) mass is 308 g/mol. The van der Waals surface area contributed by atoms with Crippen LogP contribution in [0.4, 0.5) is 5.82 Å². The number of piperazine rings is 1. The van der Waals surface area contributed by atoms with Gasteiger partial charge in [0.1, 0.15) is 12.1 Å². The lowest BCUT2D eigenvalue weighted by Crippen LogP contribution is -2.49. The van der Waals surface area contributed by atoms with Gasteiger partial charge in [-0.3, -0.25) is 0 Å². The Balaban J connectivity index is 1.72. The molecule has 0 saturated carbocycles. The lowest BCUT2D eigenvalue weighted by atomic mass is 10.2. The zero-order valence-electron chi connectivity index (χ0n) is 12.2. The molecule has 0 radical (unpaired) electrons. The topological polar surface area (TPSA) is 66.4 Å². The Morgan fingerprint density at radius 2 is 1.95 bits per heavy atom. The van der Waals surface area contributed by atoms with Gasteiger partial charge in [-0.1, -0.05) is 19.1 Å². The Kier molecular flexibility index (Phi) is 3.95. The van der Waals surface area contributed by atoms with Crippen molar-refractivity contribution in [3.8, 4) is 0 Å². The summed E-state index contributed by atoms with van der Waals surface area (Å²) in [6, 6.07) is 0. The summed E-state index contributed by atoms with van der Waals surface area (Å²) < 4.78 is 25.8. The van der Waals surface area contributed by atoms with Gasteiger partial charge < -0.3 is 4.90 Å². The van der Waals surface area contributed by atoms with Crippen LogP contribution in [0.25, 0.3) is 6.08 Å². The van der Waals surface area contributed by atoms with Crippen molar-refractivity contribution >= 4 is 21.9 Å². The Bertz CT molecular complexity index is 649. The molecule has 2 heterocycles. The van der Waals surface area contributed by atoms with Crippen molar-refractivity contribution < 1.29 is 8.42 Å². The summed E-state index contributed by atoms with van der Waals surface area (Å²) >= 11 is 0. The maximum absolute atomic E-state index is 12.1. The smallest absolute Gasteiger partial charge is 0.214 e. The summed E-state index contributed by atoms with van der Waals surface area (Å²) in [5, 5.41) is 0. The van der Waals surface area contributed by atoms with Gasteiger partial charge in [-0.25, -0.2) is 18.4 Å². The Hall–Kier alpha value is -1.47. The average molecular weight is 308 g/mol. The van der Waals surface area contributed by atoms with Gasteiger partial charge in [-0.05, 0) is 6.42 Å². The SMILES string of the molecule is CCCS(=O)(=O)N1CCN(c2ncnc3c2C=CC3)CC1. The van der Waals surface area contributed by atoms with Gasteiger partial charge in [-0.2, -0.15) is 4.31 Å². The highest BCUT2D eigenvalue weighted by Gasteiger charge is 2.28. The molecule has 1 fully saturated rings. The minimum absolute atomic E-state index is 0.235. The normalized spacial score (nSPS) is 19.0. The van der Waals surface area contributed by atoms with Crippen molar-refractivity contribution in [1.29, 1.82) is 0 Å². The van der Waals surface area contributed by atoms with Crippen molar-refractivity contribution in [2.45, 2.75) is 19.8 Å². The fraction of sp³-hybridized carbons (Fsp3) is 0.571. The minimum Gasteiger partial charge on any atom is -0.353 e. The predicted molar refractivity (Wildman–Crippen MR) is 82.6 cm³/mol. The molecule has 0 atom stereocenters. The second-order valence-corrected chi connectivity index (χ2v) is 7.45. The molecule has 1 aromatic heterocycles. The molecule has 3 rings (SSSR count). The number of anilines is 1. The Morgan fingerprint density at radius 3 is 2.67 bits per heavy atom. The lowest BCUT2D eigenvalue weighted by molar-refractivity contribution is 0.383. The van der Waals surface area contributed by atoms with Crippen LogP contribution in [0, 0.1) is 0 Å². The fourth-order valence-corrected chi connectivity index (χ4v) is 4.35. The lowest BCUT2D eigenvalue weighted by Gasteiger charge is -2.35. The third-order valence-electron chi connectivity index (χ3n) is 3.93. The van der Waals surface area contributed by atoms with E-state index in [9.17, 15) is 8.42 Å². The van der Waals surface area contributed by atoms with Crippen LogP contribution in [-0.2, 0) is 16.4 Å². The first kappa shape index (κ1) is 14.5. The first-order valence-corrected chi connectivity index (χ1v) is 8.96. The number of nitrogens with zero attached hydrogens (tertiary/aromatic N) is 4. The molecule has 0 N–H and O–H groups in total. The number of hydrogen-bond donors (Lipinski definition) is 0. The van der Waals surface area contributed by atoms with E-state index in [4.69, 9.17) is 0 Å². The van der Waals surface area contributed by atoms with Gasteiger partial charge in [0.2, 0.25) is 10.0 Å². The number of rotatable bonds is 4. The molecule has 0 bridgehead atoms. The van der Waals surface area contributed by atoms with Crippen molar-refractivity contribution in [3.63, 3.8) is 0 Å². The first-order valence-electron chi connectivity index (χ1n) is 7.35. The van der Waals surface area contributed by atoms with E-state index in [1.54, 1.807) is 10.6 Å². The van der Waals surface area contributed by atoms with Gasteiger partial charge in [0, 0.05) is 38.2 Å². The van der Waals surface area contributed by atoms with Crippen LogP contribution in [0.5, 0.6) is 0 Å². The molecular weight excluding hydrogens is 288 g/mol. The summed E-state index contributed by atoms with van der Waals surface area (Å²) in [5.41, 5.74) is 2.14. The summed E-state index contributed by atoms with van der Waals surface area (Å²) in [6.45, 7) is 4.32. The van der Waals surface area contributed by atoms with Crippen LogP contribution in [0.2, 0.25) is 0 Å². The van der Waals surface area contributed by atoms with E-state index in [0.717, 1.165) is 23.5 Å². The van der Waals surface area contributed by atoms with Crippen molar-refractivity contribution in [1.82, 2.24) is 14.3 Å². The van der Waals surface area contributed by atoms with E-state index < -0.39 is 10.0 Å². The molecule has 1 aliphatic heterocycles. The molecule has 0 spiro atoms. The molecule has 114 valence electrons. The third kappa shape index (κ3) is 2.80. The summed E-state index contributed by atoms with van der Waals surface area (Å²) in [5.74, 6) is 1.17. The summed E-state index contributed by atoms with van der Waals surface area (Å²) in [7, 11) is -3.09. The zero-order chi connectivity index (χ0) is 14.9. The molecule has 1 aliphatic carbocycles. The third-order valence-corrected chi connectivity index (χ3v) is 6.01. The molecule has 7 heteroatoms. The zero-order valence-corrected chi connectivity index (χ0v) is 13.0. The highest BCUT2D eigenvalue weighted by atomic mass is 32.2. The first-order chi connectivity index (χ1) is 10.1. The van der Waals surface area contributed by atoms with E-state index in [1.165, 1.54) is 0 Å². The van der Waals surface area contributed by atoms with Crippen molar-refractivity contribution in [2.75, 3.05) is 36.8 Å². The van der Waals surface area contributed by atoms with Crippen molar-refractivity contribution in [2.24, 2.45) is 0 Å².